The lowest BCUT2D eigenvalue weighted by atomic mass is 9.94. The summed E-state index contributed by atoms with van der Waals surface area (Å²) in [5.74, 6) is -3.05. The van der Waals surface area contributed by atoms with Crippen LogP contribution in [0.2, 0.25) is 0 Å². The Balaban J connectivity index is 2.97. The second-order valence-electron chi connectivity index (χ2n) is 4.81. The summed E-state index contributed by atoms with van der Waals surface area (Å²) >= 11 is 0. The first-order valence-electron chi connectivity index (χ1n) is 6.30. The molecule has 0 aromatic heterocycles. The van der Waals surface area contributed by atoms with Gasteiger partial charge in [-0.25, -0.2) is 0 Å². The molecule has 2 atom stereocenters. The van der Waals surface area contributed by atoms with Gasteiger partial charge in [-0.1, -0.05) is 20.3 Å². The van der Waals surface area contributed by atoms with E-state index >= 15 is 0 Å². The second kappa shape index (κ2) is 5.37. The minimum atomic E-state index is -1.01. The first kappa shape index (κ1) is 14.5. The fraction of sp³-hybridized carbons (Fsp3) is 0.750. The van der Waals surface area contributed by atoms with E-state index in [0.29, 0.717) is 19.4 Å². The van der Waals surface area contributed by atoms with Gasteiger partial charge in [-0.3, -0.25) is 14.4 Å². The zero-order valence-corrected chi connectivity index (χ0v) is 10.9. The van der Waals surface area contributed by atoms with E-state index in [4.69, 9.17) is 11.5 Å². The first-order valence-corrected chi connectivity index (χ1v) is 6.30. The van der Waals surface area contributed by atoms with E-state index < -0.39 is 29.1 Å². The molecule has 1 saturated carbocycles. The topological polar surface area (TPSA) is 115 Å². The third-order valence-corrected chi connectivity index (χ3v) is 3.57. The van der Waals surface area contributed by atoms with Crippen LogP contribution in [-0.2, 0) is 14.4 Å². The lowest BCUT2D eigenvalue weighted by molar-refractivity contribution is -0.131. The molecule has 1 rings (SSSR count). The van der Waals surface area contributed by atoms with Crippen LogP contribution < -0.4 is 16.8 Å². The Hall–Kier alpha value is -1.59. The average molecular weight is 255 g/mol. The average Bonchev–Trinajstić information content (AvgIpc) is 2.97. The molecule has 1 fully saturated rings. The minimum Gasteiger partial charge on any atom is -0.369 e. The highest BCUT2D eigenvalue weighted by atomic mass is 16.2. The largest absolute Gasteiger partial charge is 0.369 e. The normalized spacial score (nSPS) is 29.7. The summed E-state index contributed by atoms with van der Waals surface area (Å²) in [6.45, 7) is 4.33. The van der Waals surface area contributed by atoms with Gasteiger partial charge < -0.3 is 16.8 Å². The van der Waals surface area contributed by atoms with E-state index in [1.54, 1.807) is 0 Å². The number of hydrogen-bond donors (Lipinski definition) is 3. The Morgan fingerprint density at radius 3 is 1.89 bits per heavy atom. The molecule has 0 bridgehead atoms. The number of carbonyl (C=O) groups excluding carboxylic acids is 3. The van der Waals surface area contributed by atoms with Crippen molar-refractivity contribution in [2.45, 2.75) is 33.1 Å². The van der Waals surface area contributed by atoms with Gasteiger partial charge in [-0.2, -0.15) is 0 Å². The predicted octanol–water partition coefficient (Wildman–Crippen LogP) is -0.484. The van der Waals surface area contributed by atoms with Crippen molar-refractivity contribution >= 4 is 17.7 Å². The van der Waals surface area contributed by atoms with E-state index in [9.17, 15) is 14.4 Å². The summed E-state index contributed by atoms with van der Waals surface area (Å²) in [6.07, 6.45) is 1.92. The third-order valence-electron chi connectivity index (χ3n) is 3.57. The van der Waals surface area contributed by atoms with E-state index in [1.165, 1.54) is 0 Å². The summed E-state index contributed by atoms with van der Waals surface area (Å²) < 4.78 is 0. The van der Waals surface area contributed by atoms with Gasteiger partial charge in [-0.05, 0) is 12.8 Å². The smallest absolute Gasteiger partial charge is 0.227 e. The molecule has 1 aliphatic carbocycles. The number of hydrogen-bond acceptors (Lipinski definition) is 3. The van der Waals surface area contributed by atoms with Crippen LogP contribution in [0.1, 0.15) is 33.1 Å². The molecule has 0 spiro atoms. The van der Waals surface area contributed by atoms with E-state index in [-0.39, 0.29) is 5.91 Å². The van der Waals surface area contributed by atoms with E-state index in [0.717, 1.165) is 6.42 Å². The number of nitrogens with two attached hydrogens (primary N) is 2. The van der Waals surface area contributed by atoms with E-state index in [2.05, 4.69) is 5.32 Å². The first-order chi connectivity index (χ1) is 8.43. The van der Waals surface area contributed by atoms with E-state index in [1.807, 2.05) is 13.8 Å². The van der Waals surface area contributed by atoms with Gasteiger partial charge in [0.25, 0.3) is 0 Å². The molecule has 0 aromatic carbocycles. The maximum atomic E-state index is 12.2. The van der Waals surface area contributed by atoms with Crippen LogP contribution in [0.4, 0.5) is 0 Å². The Labute approximate surface area is 106 Å². The van der Waals surface area contributed by atoms with Crippen molar-refractivity contribution in [2.24, 2.45) is 28.7 Å². The van der Waals surface area contributed by atoms with Crippen molar-refractivity contribution in [3.05, 3.63) is 0 Å². The minimum absolute atomic E-state index is 0.279. The zero-order valence-electron chi connectivity index (χ0n) is 10.9. The molecule has 0 saturated heterocycles. The molecule has 6 nitrogen and oxygen atoms in total. The summed E-state index contributed by atoms with van der Waals surface area (Å²) in [6, 6.07) is 0. The number of carbonyl (C=O) groups is 3. The van der Waals surface area contributed by atoms with Gasteiger partial charge in [0.05, 0.1) is 17.3 Å². The van der Waals surface area contributed by atoms with Gasteiger partial charge in [0.1, 0.15) is 0 Å². The highest BCUT2D eigenvalue weighted by molar-refractivity contribution is 6.04. The number of primary amides is 2. The number of amides is 3. The van der Waals surface area contributed by atoms with Crippen LogP contribution >= 0.6 is 0 Å². The molecule has 102 valence electrons. The van der Waals surface area contributed by atoms with Crippen molar-refractivity contribution in [3.8, 4) is 0 Å². The zero-order chi connectivity index (χ0) is 13.9. The molecule has 0 radical (unpaired) electrons. The van der Waals surface area contributed by atoms with Crippen LogP contribution in [0.3, 0.4) is 0 Å². The summed E-state index contributed by atoms with van der Waals surface area (Å²) in [4.78, 5) is 34.9. The molecular weight excluding hydrogens is 234 g/mol. The Morgan fingerprint density at radius 1 is 1.06 bits per heavy atom. The maximum absolute atomic E-state index is 12.2. The van der Waals surface area contributed by atoms with Gasteiger partial charge >= 0.3 is 0 Å². The lowest BCUT2D eigenvalue weighted by Gasteiger charge is -2.16. The summed E-state index contributed by atoms with van der Waals surface area (Å²) in [5, 5.41) is 2.74. The van der Waals surface area contributed by atoms with Crippen molar-refractivity contribution in [1.29, 1.82) is 0 Å². The molecule has 5 N–H and O–H groups in total. The monoisotopic (exact) mass is 255 g/mol. The van der Waals surface area contributed by atoms with Crippen molar-refractivity contribution in [1.82, 2.24) is 5.32 Å². The van der Waals surface area contributed by atoms with Crippen LogP contribution in [0.25, 0.3) is 0 Å². The molecule has 0 aromatic rings. The summed E-state index contributed by atoms with van der Waals surface area (Å²) in [7, 11) is 0. The second-order valence-corrected chi connectivity index (χ2v) is 4.81. The SMILES string of the molecule is CCCNC(=O)C1(CCC)C(C(N)=O)C1C(N)=O. The molecule has 2 unspecified atom stereocenters. The van der Waals surface area contributed by atoms with Crippen LogP contribution in [0, 0.1) is 17.3 Å². The summed E-state index contributed by atoms with van der Waals surface area (Å²) in [5.41, 5.74) is 9.53. The quantitative estimate of drug-likeness (QED) is 0.570. The molecule has 0 heterocycles. The maximum Gasteiger partial charge on any atom is 0.227 e. The van der Waals surface area contributed by atoms with Crippen LogP contribution in [-0.4, -0.2) is 24.3 Å². The standard InChI is InChI=1S/C12H21N3O3/c1-3-5-12(11(18)15-6-4-2)7(9(13)16)8(12)10(14)17/h7-8H,3-6H2,1-2H3,(H2,13,16)(H2,14,17)(H,15,18). The fourth-order valence-electron chi connectivity index (χ4n) is 2.80. The highest BCUT2D eigenvalue weighted by Crippen LogP contribution is 2.61. The van der Waals surface area contributed by atoms with Gasteiger partial charge in [0.15, 0.2) is 0 Å². The Bertz CT molecular complexity index is 348. The predicted molar refractivity (Wildman–Crippen MR) is 66.0 cm³/mol. The fourth-order valence-corrected chi connectivity index (χ4v) is 2.80. The van der Waals surface area contributed by atoms with Crippen molar-refractivity contribution < 1.29 is 14.4 Å². The molecule has 18 heavy (non-hydrogen) atoms. The van der Waals surface area contributed by atoms with Crippen LogP contribution in [0.15, 0.2) is 0 Å². The van der Waals surface area contributed by atoms with Gasteiger partial charge in [0, 0.05) is 6.54 Å². The van der Waals surface area contributed by atoms with Crippen molar-refractivity contribution in [3.63, 3.8) is 0 Å². The number of nitrogens with one attached hydrogen (secondary N) is 1. The molecule has 3 amide bonds. The van der Waals surface area contributed by atoms with Crippen molar-refractivity contribution in [2.75, 3.05) is 6.54 Å². The lowest BCUT2D eigenvalue weighted by Crippen LogP contribution is -2.37. The van der Waals surface area contributed by atoms with Gasteiger partial charge in [-0.15, -0.1) is 0 Å². The number of rotatable bonds is 7. The molecular formula is C12H21N3O3. The van der Waals surface area contributed by atoms with Crippen LogP contribution in [0.5, 0.6) is 0 Å². The Morgan fingerprint density at radius 2 is 1.56 bits per heavy atom. The molecule has 6 heteroatoms. The molecule has 1 aliphatic rings. The Kier molecular flexibility index (Phi) is 4.32. The highest BCUT2D eigenvalue weighted by Gasteiger charge is 2.73. The molecule has 0 aliphatic heterocycles. The van der Waals surface area contributed by atoms with Gasteiger partial charge in [0.2, 0.25) is 17.7 Å². The third kappa shape index (κ3) is 2.19.